The van der Waals surface area contributed by atoms with E-state index in [2.05, 4.69) is 0 Å². The highest BCUT2D eigenvalue weighted by Crippen LogP contribution is 2.38. The van der Waals surface area contributed by atoms with E-state index in [9.17, 15) is 9.18 Å². The lowest BCUT2D eigenvalue weighted by Crippen LogP contribution is -2.37. The maximum atomic E-state index is 13.7. The van der Waals surface area contributed by atoms with Crippen LogP contribution in [0.1, 0.15) is 31.2 Å². The summed E-state index contributed by atoms with van der Waals surface area (Å²) in [5.74, 6) is -0.357. The van der Waals surface area contributed by atoms with E-state index in [1.54, 1.807) is 12.1 Å². The number of benzene rings is 1. The molecule has 18 heavy (non-hydrogen) atoms. The Morgan fingerprint density at radius 2 is 2.06 bits per heavy atom. The summed E-state index contributed by atoms with van der Waals surface area (Å²) < 4.78 is 13.7. The number of carbonyl (C=O) groups excluding carboxylic acids is 1. The summed E-state index contributed by atoms with van der Waals surface area (Å²) in [6, 6.07) is 4.43. The number of hydrogen-bond acceptors (Lipinski definition) is 2. The van der Waals surface area contributed by atoms with Crippen LogP contribution in [-0.4, -0.2) is 12.3 Å². The number of Topliss-reactive ketones (excluding diaryl/α,β-unsaturated/α-hetero) is 1. The second-order valence-corrected chi connectivity index (χ2v) is 5.46. The van der Waals surface area contributed by atoms with E-state index in [4.69, 9.17) is 17.3 Å². The topological polar surface area (TPSA) is 43.1 Å². The van der Waals surface area contributed by atoms with Gasteiger partial charge in [0.2, 0.25) is 0 Å². The third kappa shape index (κ3) is 2.57. The molecule has 0 aromatic heterocycles. The molecule has 1 aliphatic rings. The van der Waals surface area contributed by atoms with E-state index < -0.39 is 11.2 Å². The SMILES string of the molecule is NCC1(C(=O)Cc2ccc(Cl)cc2F)CCCC1. The van der Waals surface area contributed by atoms with Gasteiger partial charge in [0.15, 0.2) is 0 Å². The largest absolute Gasteiger partial charge is 0.329 e. The van der Waals surface area contributed by atoms with Gasteiger partial charge in [0.25, 0.3) is 0 Å². The lowest BCUT2D eigenvalue weighted by Gasteiger charge is -2.25. The van der Waals surface area contributed by atoms with Gasteiger partial charge in [-0.2, -0.15) is 0 Å². The maximum absolute atomic E-state index is 13.7. The standard InChI is InChI=1S/C14H17ClFNO/c15-11-4-3-10(12(16)8-11)7-13(18)14(9-17)5-1-2-6-14/h3-4,8H,1-2,5-7,9,17H2. The summed E-state index contributed by atoms with van der Waals surface area (Å²) in [6.07, 6.45) is 3.84. The average molecular weight is 270 g/mol. The van der Waals surface area contributed by atoms with Crippen LogP contribution in [0.3, 0.4) is 0 Å². The Morgan fingerprint density at radius 3 is 2.61 bits per heavy atom. The van der Waals surface area contributed by atoms with Crippen LogP contribution in [0.15, 0.2) is 18.2 Å². The van der Waals surface area contributed by atoms with Crippen LogP contribution < -0.4 is 5.73 Å². The highest BCUT2D eigenvalue weighted by Gasteiger charge is 2.39. The minimum Gasteiger partial charge on any atom is -0.329 e. The van der Waals surface area contributed by atoms with Crippen molar-refractivity contribution in [2.45, 2.75) is 32.1 Å². The molecule has 0 amide bonds. The van der Waals surface area contributed by atoms with Crippen LogP contribution in [0.4, 0.5) is 4.39 Å². The molecular weight excluding hydrogens is 253 g/mol. The molecule has 0 atom stereocenters. The minimum absolute atomic E-state index is 0.0590. The van der Waals surface area contributed by atoms with Crippen molar-refractivity contribution in [1.29, 1.82) is 0 Å². The Bertz CT molecular complexity index is 455. The monoisotopic (exact) mass is 269 g/mol. The van der Waals surface area contributed by atoms with Gasteiger partial charge in [0.1, 0.15) is 11.6 Å². The fourth-order valence-corrected chi connectivity index (χ4v) is 2.83. The molecule has 0 heterocycles. The Morgan fingerprint density at radius 1 is 1.39 bits per heavy atom. The number of hydrogen-bond donors (Lipinski definition) is 1. The van der Waals surface area contributed by atoms with Crippen molar-refractivity contribution >= 4 is 17.4 Å². The molecule has 98 valence electrons. The fourth-order valence-electron chi connectivity index (χ4n) is 2.67. The summed E-state index contributed by atoms with van der Waals surface area (Å²) >= 11 is 5.69. The molecule has 0 spiro atoms. The lowest BCUT2D eigenvalue weighted by molar-refractivity contribution is -0.127. The summed E-state index contributed by atoms with van der Waals surface area (Å²) in [5.41, 5.74) is 5.73. The van der Waals surface area contributed by atoms with Crippen LogP contribution in [0.2, 0.25) is 5.02 Å². The number of halogens is 2. The first kappa shape index (κ1) is 13.5. The number of ketones is 1. The molecular formula is C14H17ClFNO. The van der Waals surface area contributed by atoms with E-state index in [-0.39, 0.29) is 12.2 Å². The highest BCUT2D eigenvalue weighted by atomic mass is 35.5. The zero-order valence-electron chi connectivity index (χ0n) is 10.2. The molecule has 4 heteroatoms. The van der Waals surface area contributed by atoms with Gasteiger partial charge in [0, 0.05) is 23.4 Å². The predicted molar refractivity (Wildman–Crippen MR) is 70.1 cm³/mol. The molecule has 0 bridgehead atoms. The maximum Gasteiger partial charge on any atom is 0.144 e. The van der Waals surface area contributed by atoms with Gasteiger partial charge in [-0.05, 0) is 30.5 Å². The lowest BCUT2D eigenvalue weighted by atomic mass is 9.79. The van der Waals surface area contributed by atoms with Gasteiger partial charge in [-0.1, -0.05) is 30.5 Å². The molecule has 0 saturated heterocycles. The summed E-state index contributed by atoms with van der Waals surface area (Å²) in [6.45, 7) is 0.362. The normalized spacial score (nSPS) is 17.9. The summed E-state index contributed by atoms with van der Waals surface area (Å²) in [4.78, 5) is 12.3. The van der Waals surface area contributed by atoms with E-state index in [1.165, 1.54) is 6.07 Å². The predicted octanol–water partition coefficient (Wildman–Crippen LogP) is 3.11. The third-order valence-corrected chi connectivity index (χ3v) is 4.14. The van der Waals surface area contributed by atoms with Gasteiger partial charge >= 0.3 is 0 Å². The zero-order valence-corrected chi connectivity index (χ0v) is 11.0. The van der Waals surface area contributed by atoms with Crippen molar-refractivity contribution in [3.05, 3.63) is 34.6 Å². The zero-order chi connectivity index (χ0) is 13.2. The van der Waals surface area contributed by atoms with Crippen molar-refractivity contribution in [2.24, 2.45) is 11.1 Å². The van der Waals surface area contributed by atoms with Gasteiger partial charge in [0.05, 0.1) is 0 Å². The Labute approximate surface area is 111 Å². The van der Waals surface area contributed by atoms with Gasteiger partial charge in [-0.15, -0.1) is 0 Å². The first-order valence-electron chi connectivity index (χ1n) is 6.25. The second-order valence-electron chi connectivity index (χ2n) is 5.03. The number of rotatable bonds is 4. The molecule has 0 radical (unpaired) electrons. The van der Waals surface area contributed by atoms with Gasteiger partial charge in [-0.3, -0.25) is 4.79 Å². The molecule has 2 nitrogen and oxygen atoms in total. The quantitative estimate of drug-likeness (QED) is 0.913. The van der Waals surface area contributed by atoms with Crippen LogP contribution in [-0.2, 0) is 11.2 Å². The third-order valence-electron chi connectivity index (χ3n) is 3.91. The van der Waals surface area contributed by atoms with Gasteiger partial charge < -0.3 is 5.73 Å². The molecule has 1 aromatic carbocycles. The van der Waals surface area contributed by atoms with Crippen molar-refractivity contribution in [3.8, 4) is 0 Å². The van der Waals surface area contributed by atoms with E-state index in [0.29, 0.717) is 17.1 Å². The molecule has 0 unspecified atom stereocenters. The molecule has 2 N–H and O–H groups in total. The summed E-state index contributed by atoms with van der Waals surface area (Å²) in [7, 11) is 0. The highest BCUT2D eigenvalue weighted by molar-refractivity contribution is 6.30. The van der Waals surface area contributed by atoms with Crippen LogP contribution >= 0.6 is 11.6 Å². The van der Waals surface area contributed by atoms with E-state index in [0.717, 1.165) is 25.7 Å². The van der Waals surface area contributed by atoms with Crippen LogP contribution in [0, 0.1) is 11.2 Å². The van der Waals surface area contributed by atoms with Crippen LogP contribution in [0.25, 0.3) is 0 Å². The molecule has 1 aromatic rings. The Hall–Kier alpha value is -0.930. The van der Waals surface area contributed by atoms with Crippen molar-refractivity contribution in [1.82, 2.24) is 0 Å². The van der Waals surface area contributed by atoms with Crippen molar-refractivity contribution < 1.29 is 9.18 Å². The molecule has 2 rings (SSSR count). The Balaban J connectivity index is 2.15. The fraction of sp³-hybridized carbons (Fsp3) is 0.500. The first-order valence-corrected chi connectivity index (χ1v) is 6.62. The van der Waals surface area contributed by atoms with E-state index in [1.807, 2.05) is 0 Å². The van der Waals surface area contributed by atoms with E-state index >= 15 is 0 Å². The smallest absolute Gasteiger partial charge is 0.144 e. The number of carbonyl (C=O) groups is 1. The summed E-state index contributed by atoms with van der Waals surface area (Å²) in [5, 5.41) is 0.345. The average Bonchev–Trinajstić information content (AvgIpc) is 2.82. The molecule has 1 saturated carbocycles. The molecule has 0 aliphatic heterocycles. The first-order chi connectivity index (χ1) is 8.57. The van der Waals surface area contributed by atoms with Gasteiger partial charge in [-0.25, -0.2) is 4.39 Å². The molecule has 1 fully saturated rings. The minimum atomic E-state index is -0.425. The van der Waals surface area contributed by atoms with Crippen LogP contribution in [0.5, 0.6) is 0 Å². The van der Waals surface area contributed by atoms with Crippen molar-refractivity contribution in [2.75, 3.05) is 6.54 Å². The second kappa shape index (κ2) is 5.37. The number of nitrogens with two attached hydrogens (primary N) is 1. The van der Waals surface area contributed by atoms with Crippen molar-refractivity contribution in [3.63, 3.8) is 0 Å². The Kier molecular flexibility index (Phi) is 4.03. The molecule has 1 aliphatic carbocycles.